The number of ether oxygens (including phenoxy) is 1. The highest BCUT2D eigenvalue weighted by molar-refractivity contribution is 7.10. The van der Waals surface area contributed by atoms with Gasteiger partial charge in [0.2, 0.25) is 5.91 Å². The minimum absolute atomic E-state index is 0.103. The Morgan fingerprint density at radius 3 is 2.45 bits per heavy atom. The summed E-state index contributed by atoms with van der Waals surface area (Å²) in [6, 6.07) is 13.2. The molecular formula is C22H28N2O4S. The Morgan fingerprint density at radius 2 is 1.90 bits per heavy atom. The highest BCUT2D eigenvalue weighted by Gasteiger charge is 2.49. The van der Waals surface area contributed by atoms with Crippen LogP contribution < -0.4 is 4.90 Å². The number of rotatable bonds is 7. The van der Waals surface area contributed by atoms with Crippen LogP contribution in [0.15, 0.2) is 47.8 Å². The molecule has 2 aromatic rings. The number of para-hydroxylation sites is 1. The van der Waals surface area contributed by atoms with Crippen molar-refractivity contribution < 1.29 is 19.4 Å². The van der Waals surface area contributed by atoms with E-state index in [1.54, 1.807) is 11.8 Å². The number of piperidine rings is 1. The van der Waals surface area contributed by atoms with E-state index in [1.807, 2.05) is 47.8 Å². The van der Waals surface area contributed by atoms with Gasteiger partial charge in [-0.05, 0) is 36.4 Å². The fourth-order valence-electron chi connectivity index (χ4n) is 3.99. The number of thiophene rings is 1. The molecule has 3 rings (SSSR count). The molecule has 1 saturated heterocycles. The number of likely N-dealkylation sites (tertiary alicyclic amines) is 1. The number of amides is 1. The molecule has 0 aliphatic carbocycles. The normalized spacial score (nSPS) is 17.5. The predicted octanol–water partition coefficient (Wildman–Crippen LogP) is 3.23. The SMILES string of the molecule is CCC(=O)N(c1ccccc1)C1(C(=O)OC)CCN(CC(O)c2cccs2)CC1. The molecule has 6 nitrogen and oxygen atoms in total. The van der Waals surface area contributed by atoms with Gasteiger partial charge >= 0.3 is 5.97 Å². The molecule has 0 bridgehead atoms. The summed E-state index contributed by atoms with van der Waals surface area (Å²) in [4.78, 5) is 30.6. The van der Waals surface area contributed by atoms with Crippen molar-refractivity contribution in [2.24, 2.45) is 0 Å². The second-order valence-electron chi connectivity index (χ2n) is 7.27. The van der Waals surface area contributed by atoms with E-state index in [4.69, 9.17) is 4.74 Å². The number of methoxy groups -OCH3 is 1. The van der Waals surface area contributed by atoms with E-state index in [9.17, 15) is 14.7 Å². The Balaban J connectivity index is 1.82. The Labute approximate surface area is 175 Å². The van der Waals surface area contributed by atoms with Crippen molar-refractivity contribution in [3.8, 4) is 0 Å². The van der Waals surface area contributed by atoms with Crippen molar-refractivity contribution in [1.29, 1.82) is 0 Å². The third-order valence-electron chi connectivity index (χ3n) is 5.55. The summed E-state index contributed by atoms with van der Waals surface area (Å²) >= 11 is 1.53. The maximum Gasteiger partial charge on any atom is 0.332 e. The average Bonchev–Trinajstić information content (AvgIpc) is 3.30. The van der Waals surface area contributed by atoms with E-state index in [2.05, 4.69) is 4.90 Å². The fourth-order valence-corrected chi connectivity index (χ4v) is 4.70. The summed E-state index contributed by atoms with van der Waals surface area (Å²) in [6.07, 6.45) is 0.659. The second kappa shape index (κ2) is 9.52. The zero-order valence-electron chi connectivity index (χ0n) is 16.9. The zero-order valence-corrected chi connectivity index (χ0v) is 17.7. The maximum atomic E-state index is 13.0. The minimum atomic E-state index is -1.03. The lowest BCUT2D eigenvalue weighted by atomic mass is 9.84. The van der Waals surface area contributed by atoms with Crippen molar-refractivity contribution in [3.05, 3.63) is 52.7 Å². The molecule has 29 heavy (non-hydrogen) atoms. The molecule has 156 valence electrons. The first kappa shape index (κ1) is 21.5. The zero-order chi connectivity index (χ0) is 20.9. The van der Waals surface area contributed by atoms with Crippen LogP contribution in [-0.2, 0) is 14.3 Å². The molecule has 0 saturated carbocycles. The largest absolute Gasteiger partial charge is 0.467 e. The van der Waals surface area contributed by atoms with Crippen LogP contribution in [0.1, 0.15) is 37.2 Å². The second-order valence-corrected chi connectivity index (χ2v) is 8.25. The summed E-state index contributed by atoms with van der Waals surface area (Å²) in [5, 5.41) is 12.4. The Kier molecular flexibility index (Phi) is 7.05. The van der Waals surface area contributed by atoms with Crippen molar-refractivity contribution in [2.45, 2.75) is 37.8 Å². The lowest BCUT2D eigenvalue weighted by Crippen LogP contribution is -2.62. The van der Waals surface area contributed by atoms with Crippen LogP contribution in [0.4, 0.5) is 5.69 Å². The number of hydrogen-bond donors (Lipinski definition) is 1. The van der Waals surface area contributed by atoms with Gasteiger partial charge in [-0.1, -0.05) is 31.2 Å². The van der Waals surface area contributed by atoms with Crippen LogP contribution in [0.2, 0.25) is 0 Å². The molecule has 0 spiro atoms. The van der Waals surface area contributed by atoms with Gasteiger partial charge in [0.25, 0.3) is 0 Å². The topological polar surface area (TPSA) is 70.1 Å². The molecule has 1 unspecified atom stereocenters. The maximum absolute atomic E-state index is 13.0. The van der Waals surface area contributed by atoms with E-state index in [1.165, 1.54) is 18.4 Å². The van der Waals surface area contributed by atoms with E-state index in [-0.39, 0.29) is 11.9 Å². The monoisotopic (exact) mass is 416 g/mol. The summed E-state index contributed by atoms with van der Waals surface area (Å²) in [5.74, 6) is -0.490. The van der Waals surface area contributed by atoms with E-state index in [0.717, 1.165) is 4.88 Å². The van der Waals surface area contributed by atoms with Crippen LogP contribution in [-0.4, -0.2) is 54.2 Å². The lowest BCUT2D eigenvalue weighted by Gasteiger charge is -2.46. The number of carbonyl (C=O) groups is 2. The number of anilines is 1. The molecule has 7 heteroatoms. The van der Waals surface area contributed by atoms with Crippen LogP contribution in [0.25, 0.3) is 0 Å². The summed E-state index contributed by atoms with van der Waals surface area (Å²) in [7, 11) is 1.37. The third kappa shape index (κ3) is 4.52. The Hall–Kier alpha value is -2.22. The van der Waals surface area contributed by atoms with Crippen molar-refractivity contribution in [3.63, 3.8) is 0 Å². The molecule has 2 heterocycles. The van der Waals surface area contributed by atoms with Crippen LogP contribution >= 0.6 is 11.3 Å². The van der Waals surface area contributed by atoms with Crippen molar-refractivity contribution in [1.82, 2.24) is 4.90 Å². The summed E-state index contributed by atoms with van der Waals surface area (Å²) < 4.78 is 5.17. The number of carbonyl (C=O) groups excluding carboxylic acids is 2. The van der Waals surface area contributed by atoms with Gasteiger partial charge in [0.05, 0.1) is 7.11 Å². The number of nitrogens with zero attached hydrogens (tertiary/aromatic N) is 2. The first-order valence-electron chi connectivity index (χ1n) is 9.92. The highest BCUT2D eigenvalue weighted by Crippen LogP contribution is 2.36. The Morgan fingerprint density at radius 1 is 1.21 bits per heavy atom. The van der Waals surface area contributed by atoms with Gasteiger partial charge in [0.1, 0.15) is 11.6 Å². The molecule has 1 aliphatic rings. The standard InChI is InChI=1S/C22H28N2O4S/c1-3-20(26)24(17-8-5-4-6-9-17)22(21(27)28-2)11-13-23(14-12-22)16-18(25)19-10-7-15-29-19/h4-10,15,18,25H,3,11-14,16H2,1-2H3. The number of β-amino-alcohol motifs (C(OH)–C–C–N with tert-alkyl or cyclic N) is 1. The number of aliphatic hydroxyl groups excluding tert-OH is 1. The molecule has 1 aliphatic heterocycles. The molecule has 1 aromatic heterocycles. The number of benzene rings is 1. The van der Waals surface area contributed by atoms with Crippen molar-refractivity contribution in [2.75, 3.05) is 31.6 Å². The van der Waals surface area contributed by atoms with Crippen molar-refractivity contribution >= 4 is 28.9 Å². The van der Waals surface area contributed by atoms with Gasteiger partial charge in [0.15, 0.2) is 0 Å². The van der Waals surface area contributed by atoms with Gasteiger partial charge in [-0.3, -0.25) is 9.69 Å². The van der Waals surface area contributed by atoms with E-state index in [0.29, 0.717) is 44.6 Å². The van der Waals surface area contributed by atoms with Crippen LogP contribution in [0.3, 0.4) is 0 Å². The van der Waals surface area contributed by atoms with Crippen LogP contribution in [0, 0.1) is 0 Å². The molecule has 1 aromatic carbocycles. The third-order valence-corrected chi connectivity index (χ3v) is 6.52. The molecule has 1 amide bonds. The Bertz CT molecular complexity index is 801. The number of hydrogen-bond acceptors (Lipinski definition) is 6. The minimum Gasteiger partial charge on any atom is -0.467 e. The van der Waals surface area contributed by atoms with E-state index >= 15 is 0 Å². The van der Waals surface area contributed by atoms with Gasteiger partial charge in [0, 0.05) is 36.6 Å². The first-order valence-corrected chi connectivity index (χ1v) is 10.8. The van der Waals surface area contributed by atoms with E-state index < -0.39 is 11.6 Å². The van der Waals surface area contributed by atoms with Gasteiger partial charge < -0.3 is 14.7 Å². The molecule has 1 fully saturated rings. The quantitative estimate of drug-likeness (QED) is 0.702. The molecule has 1 N–H and O–H groups in total. The van der Waals surface area contributed by atoms with Gasteiger partial charge in [-0.15, -0.1) is 11.3 Å². The average molecular weight is 417 g/mol. The van der Waals surface area contributed by atoms with Crippen LogP contribution in [0.5, 0.6) is 0 Å². The molecule has 0 radical (unpaired) electrons. The highest BCUT2D eigenvalue weighted by atomic mass is 32.1. The van der Waals surface area contributed by atoms with Gasteiger partial charge in [-0.25, -0.2) is 4.79 Å². The van der Waals surface area contributed by atoms with Gasteiger partial charge in [-0.2, -0.15) is 0 Å². The number of esters is 1. The summed E-state index contributed by atoms with van der Waals surface area (Å²) in [6.45, 7) is 3.50. The molecule has 1 atom stereocenters. The lowest BCUT2D eigenvalue weighted by molar-refractivity contribution is -0.151. The smallest absolute Gasteiger partial charge is 0.332 e. The predicted molar refractivity (Wildman–Crippen MR) is 114 cm³/mol. The number of aliphatic hydroxyl groups is 1. The molecular weight excluding hydrogens is 388 g/mol. The first-order chi connectivity index (χ1) is 14.0. The fraction of sp³-hybridized carbons (Fsp3) is 0.455. The summed E-state index contributed by atoms with van der Waals surface area (Å²) in [5.41, 5.74) is -0.329.